The van der Waals surface area contributed by atoms with Crippen LogP contribution in [-0.2, 0) is 5.60 Å². The maximum Gasteiger partial charge on any atom is 0.0924 e. The summed E-state index contributed by atoms with van der Waals surface area (Å²) in [6.45, 7) is 7.31. The average molecular weight is 343 g/mol. The molecule has 1 aromatic carbocycles. The van der Waals surface area contributed by atoms with Gasteiger partial charge in [0, 0.05) is 6.42 Å². The van der Waals surface area contributed by atoms with E-state index in [9.17, 15) is 10.2 Å². The molecule has 2 N–H and O–H groups in total. The van der Waals surface area contributed by atoms with Gasteiger partial charge >= 0.3 is 0 Å². The second-order valence-electron chi connectivity index (χ2n) is 10.2. The summed E-state index contributed by atoms with van der Waals surface area (Å²) >= 11 is 0. The number of hydrogen-bond acceptors (Lipinski definition) is 2. The number of fused-ring (bicyclic) bond motifs is 3. The summed E-state index contributed by atoms with van der Waals surface area (Å²) in [7, 11) is 0. The third kappa shape index (κ3) is 2.59. The van der Waals surface area contributed by atoms with E-state index in [2.05, 4.69) is 20.8 Å². The predicted molar refractivity (Wildman–Crippen MR) is 101 cm³/mol. The Bertz CT molecular complexity index is 639. The predicted octanol–water partition coefficient (Wildman–Crippen LogP) is 5.03. The first-order valence-electron chi connectivity index (χ1n) is 10.2. The zero-order valence-electron chi connectivity index (χ0n) is 16.1. The van der Waals surface area contributed by atoms with Crippen molar-refractivity contribution in [2.45, 2.75) is 83.3 Å². The maximum atomic E-state index is 11.7. The van der Waals surface area contributed by atoms with Gasteiger partial charge in [-0.05, 0) is 66.8 Å². The number of aliphatic hydroxyl groups is 2. The van der Waals surface area contributed by atoms with Crippen molar-refractivity contribution < 1.29 is 10.2 Å². The lowest BCUT2D eigenvalue weighted by molar-refractivity contribution is -0.224. The van der Waals surface area contributed by atoms with Crippen molar-refractivity contribution in [3.63, 3.8) is 0 Å². The van der Waals surface area contributed by atoms with Gasteiger partial charge in [-0.25, -0.2) is 0 Å². The topological polar surface area (TPSA) is 40.5 Å². The second kappa shape index (κ2) is 5.57. The second-order valence-corrected chi connectivity index (χ2v) is 10.2. The summed E-state index contributed by atoms with van der Waals surface area (Å²) in [4.78, 5) is 0. The fourth-order valence-electron chi connectivity index (χ4n) is 7.27. The first-order valence-corrected chi connectivity index (χ1v) is 10.2. The molecule has 138 valence electrons. The van der Waals surface area contributed by atoms with Crippen molar-refractivity contribution in [3.05, 3.63) is 35.9 Å². The van der Waals surface area contributed by atoms with Crippen LogP contribution in [0.25, 0.3) is 0 Å². The Morgan fingerprint density at radius 3 is 2.24 bits per heavy atom. The van der Waals surface area contributed by atoms with E-state index < -0.39 is 11.2 Å². The van der Waals surface area contributed by atoms with E-state index in [0.717, 1.165) is 31.2 Å². The van der Waals surface area contributed by atoms with Gasteiger partial charge in [0.25, 0.3) is 0 Å². The molecule has 4 rings (SSSR count). The molecule has 0 spiro atoms. The van der Waals surface area contributed by atoms with Crippen molar-refractivity contribution in [3.8, 4) is 0 Å². The first-order chi connectivity index (χ1) is 11.7. The third-order valence-electron chi connectivity index (χ3n) is 8.34. The van der Waals surface area contributed by atoms with Crippen LogP contribution >= 0.6 is 0 Å². The van der Waals surface area contributed by atoms with E-state index in [4.69, 9.17) is 0 Å². The van der Waals surface area contributed by atoms with Gasteiger partial charge in [-0.3, -0.25) is 0 Å². The summed E-state index contributed by atoms with van der Waals surface area (Å²) in [6, 6.07) is 10.0. The van der Waals surface area contributed by atoms with E-state index in [1.54, 1.807) is 0 Å². The van der Waals surface area contributed by atoms with Crippen LogP contribution in [0.5, 0.6) is 0 Å². The van der Waals surface area contributed by atoms with E-state index >= 15 is 0 Å². The van der Waals surface area contributed by atoms with E-state index in [1.807, 2.05) is 30.3 Å². The van der Waals surface area contributed by atoms with Crippen LogP contribution in [-0.4, -0.2) is 15.8 Å². The summed E-state index contributed by atoms with van der Waals surface area (Å²) in [5.74, 6) is 1.02. The Balaban J connectivity index is 1.66. The molecule has 0 amide bonds. The standard InChI is InChI=1S/C23H34O2/c1-20(2)12-7-13-21(3)18(20)10-15-23(25)16-22(24,14-11-19(21)23)17-8-5-4-6-9-17/h4-6,8-9,18-19,24-25H,7,10-16H2,1-3H3/t18-,19+,21-,22+,23+/m0/s1. The fourth-order valence-corrected chi connectivity index (χ4v) is 7.27. The molecule has 0 aliphatic heterocycles. The van der Waals surface area contributed by atoms with Crippen LogP contribution in [0.1, 0.15) is 77.7 Å². The largest absolute Gasteiger partial charge is 0.389 e. The van der Waals surface area contributed by atoms with E-state index in [0.29, 0.717) is 23.7 Å². The highest BCUT2D eigenvalue weighted by atomic mass is 16.3. The Morgan fingerprint density at radius 2 is 1.52 bits per heavy atom. The number of benzene rings is 1. The minimum atomic E-state index is -0.875. The molecule has 0 bridgehead atoms. The highest BCUT2D eigenvalue weighted by Gasteiger charge is 2.62. The lowest BCUT2D eigenvalue weighted by atomic mass is 9.42. The summed E-state index contributed by atoms with van der Waals surface area (Å²) < 4.78 is 0. The zero-order chi connectivity index (χ0) is 17.9. The molecule has 2 nitrogen and oxygen atoms in total. The molecule has 0 heterocycles. The van der Waals surface area contributed by atoms with Crippen LogP contribution in [0.15, 0.2) is 30.3 Å². The molecule has 0 radical (unpaired) electrons. The molecule has 0 aromatic heterocycles. The van der Waals surface area contributed by atoms with Crippen LogP contribution in [0.2, 0.25) is 0 Å². The highest BCUT2D eigenvalue weighted by Crippen LogP contribution is 2.66. The Kier molecular flexibility index (Phi) is 3.91. The van der Waals surface area contributed by atoms with Crippen LogP contribution in [0, 0.1) is 22.7 Å². The van der Waals surface area contributed by atoms with Gasteiger partial charge in [0.05, 0.1) is 11.2 Å². The van der Waals surface area contributed by atoms with Crippen LogP contribution in [0.3, 0.4) is 0 Å². The minimum absolute atomic E-state index is 0.215. The van der Waals surface area contributed by atoms with E-state index in [-0.39, 0.29) is 5.41 Å². The smallest absolute Gasteiger partial charge is 0.0924 e. The van der Waals surface area contributed by atoms with Crippen molar-refractivity contribution in [2.75, 3.05) is 0 Å². The summed E-state index contributed by atoms with van der Waals surface area (Å²) in [5.41, 5.74) is -0.0338. The molecule has 0 unspecified atom stereocenters. The molecule has 5 atom stereocenters. The molecule has 0 saturated heterocycles. The highest BCUT2D eigenvalue weighted by molar-refractivity contribution is 5.25. The van der Waals surface area contributed by atoms with Crippen LogP contribution < -0.4 is 0 Å². The molecule has 3 aliphatic carbocycles. The van der Waals surface area contributed by atoms with Crippen LogP contribution in [0.4, 0.5) is 0 Å². The van der Waals surface area contributed by atoms with Gasteiger partial charge in [-0.2, -0.15) is 0 Å². The third-order valence-corrected chi connectivity index (χ3v) is 8.34. The number of rotatable bonds is 1. The SMILES string of the molecule is CC1(C)CCC[C@@]2(C)[C@H]1CC[C@@]1(O)C[C@@](O)(c3ccccc3)CC[C@@H]12. The van der Waals surface area contributed by atoms with Gasteiger partial charge in [0.1, 0.15) is 0 Å². The normalized spacial score (nSPS) is 46.1. The number of hydrogen-bond donors (Lipinski definition) is 2. The van der Waals surface area contributed by atoms with Crippen molar-refractivity contribution in [1.82, 2.24) is 0 Å². The molecular weight excluding hydrogens is 308 g/mol. The lowest BCUT2D eigenvalue weighted by Crippen LogP contribution is -2.62. The Labute approximate surface area is 152 Å². The van der Waals surface area contributed by atoms with Crippen molar-refractivity contribution >= 4 is 0 Å². The summed E-state index contributed by atoms with van der Waals surface area (Å²) in [6.07, 6.45) is 7.96. The van der Waals surface area contributed by atoms with Crippen molar-refractivity contribution in [1.29, 1.82) is 0 Å². The van der Waals surface area contributed by atoms with E-state index in [1.165, 1.54) is 19.3 Å². The van der Waals surface area contributed by atoms with Gasteiger partial charge in [-0.15, -0.1) is 0 Å². The lowest BCUT2D eigenvalue weighted by Gasteiger charge is -2.64. The minimum Gasteiger partial charge on any atom is -0.389 e. The summed E-state index contributed by atoms with van der Waals surface area (Å²) in [5, 5.41) is 23.1. The maximum absolute atomic E-state index is 11.7. The molecular formula is C23H34O2. The van der Waals surface area contributed by atoms with Gasteiger partial charge < -0.3 is 10.2 Å². The first kappa shape index (κ1) is 17.5. The van der Waals surface area contributed by atoms with Gasteiger partial charge in [-0.1, -0.05) is 57.5 Å². The Hall–Kier alpha value is -0.860. The monoisotopic (exact) mass is 342 g/mol. The fraction of sp³-hybridized carbons (Fsp3) is 0.739. The van der Waals surface area contributed by atoms with Gasteiger partial charge in [0.15, 0.2) is 0 Å². The molecule has 3 fully saturated rings. The van der Waals surface area contributed by atoms with Crippen molar-refractivity contribution in [2.24, 2.45) is 22.7 Å². The molecule has 1 aromatic rings. The average Bonchev–Trinajstić information content (AvgIpc) is 2.54. The quantitative estimate of drug-likeness (QED) is 0.751. The molecule has 3 saturated carbocycles. The molecule has 2 heteroatoms. The van der Waals surface area contributed by atoms with Gasteiger partial charge in [0.2, 0.25) is 0 Å². The molecule has 25 heavy (non-hydrogen) atoms. The Morgan fingerprint density at radius 1 is 0.840 bits per heavy atom. The zero-order valence-corrected chi connectivity index (χ0v) is 16.1. The molecule has 3 aliphatic rings.